The van der Waals surface area contributed by atoms with Crippen LogP contribution in [0.3, 0.4) is 0 Å². The Kier molecular flexibility index (Phi) is 5.77. The molecule has 0 aliphatic heterocycles. The molecule has 5 heteroatoms. The van der Waals surface area contributed by atoms with Crippen molar-refractivity contribution in [3.8, 4) is 0 Å². The first-order chi connectivity index (χ1) is 8.41. The third kappa shape index (κ3) is 5.16. The number of benzene rings is 2. The Morgan fingerprint density at radius 1 is 0.944 bits per heavy atom. The van der Waals surface area contributed by atoms with E-state index in [1.165, 1.54) is 9.64 Å². The van der Waals surface area contributed by atoms with Gasteiger partial charge in [-0.05, 0) is 53.3 Å². The van der Waals surface area contributed by atoms with Gasteiger partial charge >= 0.3 is 0 Å². The van der Waals surface area contributed by atoms with Crippen molar-refractivity contribution in [2.75, 3.05) is 0 Å². The smallest absolute Gasteiger partial charge is 0.282 e. The molecule has 0 unspecified atom stereocenters. The Balaban J connectivity index is 0.000000199. The van der Waals surface area contributed by atoms with Crippen LogP contribution in [-0.4, -0.2) is 13.0 Å². The number of hydrogen-bond acceptors (Lipinski definition) is 2. The predicted octanol–water partition coefficient (Wildman–Crippen LogP) is 3.53. The van der Waals surface area contributed by atoms with E-state index < -0.39 is 10.1 Å². The lowest BCUT2D eigenvalue weighted by Crippen LogP contribution is -1.99. The largest absolute Gasteiger partial charge is 0.294 e. The maximum atomic E-state index is 10.6. The first-order valence-corrected chi connectivity index (χ1v) is 7.67. The second-order valence-corrected chi connectivity index (χ2v) is 6.17. The highest BCUT2D eigenvalue weighted by Crippen LogP contribution is 2.12. The van der Waals surface area contributed by atoms with Gasteiger partial charge in [-0.3, -0.25) is 4.55 Å². The van der Waals surface area contributed by atoms with Crippen LogP contribution in [0.2, 0.25) is 0 Å². The molecule has 2 aromatic carbocycles. The Morgan fingerprint density at radius 3 is 1.78 bits per heavy atom. The average Bonchev–Trinajstić information content (AvgIpc) is 2.30. The molecule has 0 aliphatic rings. The fourth-order valence-corrected chi connectivity index (χ4v) is 2.40. The summed E-state index contributed by atoms with van der Waals surface area (Å²) >= 11 is 2.28. The van der Waals surface area contributed by atoms with Gasteiger partial charge in [0.1, 0.15) is 0 Å². The number of hydrogen-bond donors (Lipinski definition) is 1. The highest BCUT2D eigenvalue weighted by Gasteiger charge is 2.10. The van der Waals surface area contributed by atoms with Gasteiger partial charge in [0.25, 0.3) is 10.1 Å². The van der Waals surface area contributed by atoms with Crippen LogP contribution in [-0.2, 0) is 10.1 Å². The molecular weight excluding hydrogens is 363 g/mol. The summed E-state index contributed by atoms with van der Waals surface area (Å²) in [5.41, 5.74) is 0.551. The van der Waals surface area contributed by atoms with Crippen LogP contribution in [0, 0.1) is 10.5 Å². The fourth-order valence-electron chi connectivity index (χ4n) is 1.26. The molecule has 0 spiro atoms. The van der Waals surface area contributed by atoms with Crippen LogP contribution >= 0.6 is 22.6 Å². The van der Waals surface area contributed by atoms with E-state index in [1.807, 2.05) is 18.2 Å². The predicted molar refractivity (Wildman–Crippen MR) is 80.2 cm³/mol. The summed E-state index contributed by atoms with van der Waals surface area (Å²) in [4.78, 5) is -0.0278. The monoisotopic (exact) mass is 376 g/mol. The van der Waals surface area contributed by atoms with E-state index in [1.54, 1.807) is 25.1 Å². The molecule has 0 bridgehead atoms. The molecule has 0 aromatic heterocycles. The third-order valence-corrected chi connectivity index (χ3v) is 3.84. The Hall–Kier alpha value is -0.920. The standard InChI is InChI=1S/C7H8O3S.C6H5I/c1-6-4-2-3-5-7(6)11(8,9)10;7-6-4-2-1-3-5-6/h2-5H,1H3,(H,8,9,10);1-5H. The van der Waals surface area contributed by atoms with Crippen LogP contribution in [0.15, 0.2) is 59.5 Å². The highest BCUT2D eigenvalue weighted by atomic mass is 127. The van der Waals surface area contributed by atoms with E-state index in [-0.39, 0.29) is 4.90 Å². The summed E-state index contributed by atoms with van der Waals surface area (Å²) in [5.74, 6) is 0. The molecule has 96 valence electrons. The maximum Gasteiger partial charge on any atom is 0.294 e. The minimum Gasteiger partial charge on any atom is -0.282 e. The SMILES string of the molecule is Cc1ccccc1S(=O)(=O)O.Ic1ccccc1. The molecule has 0 radical (unpaired) electrons. The van der Waals surface area contributed by atoms with Crippen molar-refractivity contribution in [2.45, 2.75) is 11.8 Å². The van der Waals surface area contributed by atoms with E-state index in [2.05, 4.69) is 34.7 Å². The molecule has 0 amide bonds. The van der Waals surface area contributed by atoms with Gasteiger partial charge in [-0.15, -0.1) is 0 Å². The summed E-state index contributed by atoms with van der Waals surface area (Å²) in [5, 5.41) is 0. The normalized spacial score (nSPS) is 10.4. The van der Waals surface area contributed by atoms with Gasteiger partial charge in [-0.1, -0.05) is 36.4 Å². The molecule has 2 aromatic rings. The molecule has 2 rings (SSSR count). The topological polar surface area (TPSA) is 54.4 Å². The van der Waals surface area contributed by atoms with Gasteiger partial charge in [0.2, 0.25) is 0 Å². The minimum atomic E-state index is -4.03. The second kappa shape index (κ2) is 6.86. The van der Waals surface area contributed by atoms with Gasteiger partial charge in [-0.2, -0.15) is 8.42 Å². The van der Waals surface area contributed by atoms with Crippen LogP contribution in [0.25, 0.3) is 0 Å². The summed E-state index contributed by atoms with van der Waals surface area (Å²) in [7, 11) is -4.03. The van der Waals surface area contributed by atoms with Crippen LogP contribution < -0.4 is 0 Å². The Morgan fingerprint density at radius 2 is 1.44 bits per heavy atom. The lowest BCUT2D eigenvalue weighted by molar-refractivity contribution is 0.482. The minimum absolute atomic E-state index is 0.0278. The van der Waals surface area contributed by atoms with Crippen molar-refractivity contribution in [1.29, 1.82) is 0 Å². The third-order valence-electron chi connectivity index (χ3n) is 2.10. The molecule has 1 N–H and O–H groups in total. The van der Waals surface area contributed by atoms with Crippen LogP contribution in [0.4, 0.5) is 0 Å². The maximum absolute atomic E-state index is 10.6. The zero-order chi connectivity index (χ0) is 13.6. The van der Waals surface area contributed by atoms with Crippen LogP contribution in [0.1, 0.15) is 5.56 Å². The molecule has 0 aliphatic carbocycles. The van der Waals surface area contributed by atoms with Gasteiger partial charge < -0.3 is 0 Å². The highest BCUT2D eigenvalue weighted by molar-refractivity contribution is 14.1. The van der Waals surface area contributed by atoms with Crippen molar-refractivity contribution < 1.29 is 13.0 Å². The van der Waals surface area contributed by atoms with Crippen molar-refractivity contribution in [2.24, 2.45) is 0 Å². The van der Waals surface area contributed by atoms with E-state index in [4.69, 9.17) is 4.55 Å². The molecular formula is C13H13IO3S. The number of halogens is 1. The lowest BCUT2D eigenvalue weighted by Gasteiger charge is -1.99. The van der Waals surface area contributed by atoms with Gasteiger partial charge in [0.15, 0.2) is 0 Å². The van der Waals surface area contributed by atoms with E-state index in [0.717, 1.165) is 0 Å². The average molecular weight is 376 g/mol. The van der Waals surface area contributed by atoms with Crippen molar-refractivity contribution in [1.82, 2.24) is 0 Å². The van der Waals surface area contributed by atoms with Crippen molar-refractivity contribution >= 4 is 32.7 Å². The zero-order valence-electron chi connectivity index (χ0n) is 9.75. The summed E-state index contributed by atoms with van der Waals surface area (Å²) < 4.78 is 31.2. The fraction of sp³-hybridized carbons (Fsp3) is 0.0769. The molecule has 0 atom stereocenters. The first kappa shape index (κ1) is 15.1. The number of rotatable bonds is 1. The van der Waals surface area contributed by atoms with Gasteiger partial charge in [0, 0.05) is 3.57 Å². The molecule has 18 heavy (non-hydrogen) atoms. The first-order valence-electron chi connectivity index (χ1n) is 5.15. The van der Waals surface area contributed by atoms with Crippen molar-refractivity contribution in [3.05, 3.63) is 63.7 Å². The van der Waals surface area contributed by atoms with E-state index in [9.17, 15) is 8.42 Å². The Bertz CT molecular complexity index is 595. The van der Waals surface area contributed by atoms with E-state index in [0.29, 0.717) is 5.56 Å². The lowest BCUT2D eigenvalue weighted by atomic mass is 10.2. The molecule has 0 heterocycles. The second-order valence-electron chi connectivity index (χ2n) is 3.54. The quantitative estimate of drug-likeness (QED) is 0.612. The van der Waals surface area contributed by atoms with Crippen molar-refractivity contribution in [3.63, 3.8) is 0 Å². The Labute approximate surface area is 121 Å². The summed E-state index contributed by atoms with van der Waals surface area (Å²) in [6.45, 7) is 1.63. The molecule has 0 saturated carbocycles. The molecule has 0 fully saturated rings. The number of aryl methyl sites for hydroxylation is 1. The molecule has 3 nitrogen and oxygen atoms in total. The van der Waals surface area contributed by atoms with Gasteiger partial charge in [-0.25, -0.2) is 0 Å². The zero-order valence-corrected chi connectivity index (χ0v) is 12.7. The van der Waals surface area contributed by atoms with E-state index >= 15 is 0 Å². The van der Waals surface area contributed by atoms with Crippen LogP contribution in [0.5, 0.6) is 0 Å². The van der Waals surface area contributed by atoms with Gasteiger partial charge in [0.05, 0.1) is 4.90 Å². The molecule has 0 saturated heterocycles. The summed E-state index contributed by atoms with van der Waals surface area (Å²) in [6.07, 6.45) is 0. The summed E-state index contributed by atoms with van der Waals surface area (Å²) in [6, 6.07) is 16.5.